The maximum Gasteiger partial charge on any atom is 0.251 e. The Labute approximate surface area is 124 Å². The lowest BCUT2D eigenvalue weighted by atomic mass is 9.91. The molecule has 5 nitrogen and oxygen atoms in total. The zero-order valence-corrected chi connectivity index (χ0v) is 12.2. The minimum absolute atomic E-state index is 0.133. The summed E-state index contributed by atoms with van der Waals surface area (Å²) in [5.74, 6) is -0.293. The van der Waals surface area contributed by atoms with Crippen molar-refractivity contribution in [1.29, 1.82) is 0 Å². The van der Waals surface area contributed by atoms with Gasteiger partial charge in [0.2, 0.25) is 5.91 Å². The molecule has 21 heavy (non-hydrogen) atoms. The third-order valence-electron chi connectivity index (χ3n) is 4.28. The molecular weight excluding hydrogens is 268 g/mol. The van der Waals surface area contributed by atoms with E-state index in [9.17, 15) is 9.59 Å². The van der Waals surface area contributed by atoms with Gasteiger partial charge in [0.25, 0.3) is 5.91 Å². The van der Waals surface area contributed by atoms with E-state index in [0.717, 1.165) is 12.8 Å². The first-order valence-electron chi connectivity index (χ1n) is 7.36. The normalized spacial score (nSPS) is 25.4. The predicted molar refractivity (Wildman–Crippen MR) is 78.9 cm³/mol. The lowest BCUT2D eigenvalue weighted by Gasteiger charge is -2.36. The summed E-state index contributed by atoms with van der Waals surface area (Å²) in [5, 5.41) is 3.38. The molecule has 2 aliphatic rings. The molecule has 1 aromatic carbocycles. The number of ether oxygens (including phenoxy) is 1. The third kappa shape index (κ3) is 2.84. The van der Waals surface area contributed by atoms with Crippen molar-refractivity contribution in [3.63, 3.8) is 0 Å². The summed E-state index contributed by atoms with van der Waals surface area (Å²) in [5.41, 5.74) is 0.514. The largest absolute Gasteiger partial charge is 0.381 e. The standard InChI is InChI=1S/C16H20N2O3/c1-16(7-9-21-10-8-16)17-13-11-14(19)18(15(13)20)12-5-3-2-4-6-12/h2-6,13,17H,7-11H2,1H3. The average Bonchev–Trinajstić information content (AvgIpc) is 2.74. The van der Waals surface area contributed by atoms with Gasteiger partial charge in [0.15, 0.2) is 0 Å². The second-order valence-corrected chi connectivity index (χ2v) is 5.98. The second-order valence-electron chi connectivity index (χ2n) is 5.98. The van der Waals surface area contributed by atoms with Crippen LogP contribution in [0.3, 0.4) is 0 Å². The number of anilines is 1. The molecule has 0 saturated carbocycles. The number of hydrogen-bond acceptors (Lipinski definition) is 4. The summed E-state index contributed by atoms with van der Waals surface area (Å²) in [4.78, 5) is 26.0. The van der Waals surface area contributed by atoms with E-state index in [0.29, 0.717) is 18.9 Å². The van der Waals surface area contributed by atoms with Gasteiger partial charge in [0, 0.05) is 18.8 Å². The molecule has 2 saturated heterocycles. The fraction of sp³-hybridized carbons (Fsp3) is 0.500. The van der Waals surface area contributed by atoms with Crippen LogP contribution in [-0.2, 0) is 14.3 Å². The van der Waals surface area contributed by atoms with Gasteiger partial charge in [0.1, 0.15) is 0 Å². The summed E-state index contributed by atoms with van der Waals surface area (Å²) in [6.45, 7) is 3.49. The highest BCUT2D eigenvalue weighted by Gasteiger charge is 2.42. The number of hydrogen-bond donors (Lipinski definition) is 1. The molecular formula is C16H20N2O3. The second kappa shape index (κ2) is 5.58. The Kier molecular flexibility index (Phi) is 3.78. The van der Waals surface area contributed by atoms with E-state index in [-0.39, 0.29) is 23.8 Å². The molecule has 0 spiro atoms. The van der Waals surface area contributed by atoms with Crippen molar-refractivity contribution >= 4 is 17.5 Å². The molecule has 112 valence electrons. The Morgan fingerprint density at radius 2 is 1.86 bits per heavy atom. The maximum atomic E-state index is 12.5. The van der Waals surface area contributed by atoms with E-state index in [1.54, 1.807) is 12.1 Å². The van der Waals surface area contributed by atoms with Gasteiger partial charge in [-0.1, -0.05) is 18.2 Å². The first kappa shape index (κ1) is 14.2. The highest BCUT2D eigenvalue weighted by Crippen LogP contribution is 2.26. The van der Waals surface area contributed by atoms with Gasteiger partial charge >= 0.3 is 0 Å². The van der Waals surface area contributed by atoms with E-state index in [2.05, 4.69) is 12.2 Å². The minimum Gasteiger partial charge on any atom is -0.381 e. The number of rotatable bonds is 3. The summed E-state index contributed by atoms with van der Waals surface area (Å²) in [6, 6.07) is 8.67. The van der Waals surface area contributed by atoms with Crippen LogP contribution in [0.1, 0.15) is 26.2 Å². The van der Waals surface area contributed by atoms with Crippen molar-refractivity contribution in [2.45, 2.75) is 37.8 Å². The van der Waals surface area contributed by atoms with Crippen molar-refractivity contribution in [3.05, 3.63) is 30.3 Å². The molecule has 3 rings (SSSR count). The van der Waals surface area contributed by atoms with E-state index in [1.807, 2.05) is 18.2 Å². The van der Waals surface area contributed by atoms with E-state index < -0.39 is 6.04 Å². The van der Waals surface area contributed by atoms with Gasteiger partial charge in [-0.2, -0.15) is 0 Å². The van der Waals surface area contributed by atoms with Crippen LogP contribution in [0.25, 0.3) is 0 Å². The van der Waals surface area contributed by atoms with Gasteiger partial charge in [0.05, 0.1) is 18.2 Å². The van der Waals surface area contributed by atoms with Crippen LogP contribution in [0.15, 0.2) is 30.3 Å². The lowest BCUT2D eigenvalue weighted by Crippen LogP contribution is -2.53. The average molecular weight is 288 g/mol. The van der Waals surface area contributed by atoms with Crippen molar-refractivity contribution in [1.82, 2.24) is 5.32 Å². The predicted octanol–water partition coefficient (Wildman–Crippen LogP) is 1.48. The highest BCUT2D eigenvalue weighted by molar-refractivity contribution is 6.22. The fourth-order valence-corrected chi connectivity index (χ4v) is 2.98. The molecule has 1 aromatic rings. The number of para-hydroxylation sites is 1. The quantitative estimate of drug-likeness (QED) is 0.856. The topological polar surface area (TPSA) is 58.6 Å². The highest BCUT2D eigenvalue weighted by atomic mass is 16.5. The first-order chi connectivity index (χ1) is 10.1. The molecule has 2 fully saturated rings. The Bertz CT molecular complexity index is 538. The fourth-order valence-electron chi connectivity index (χ4n) is 2.98. The SMILES string of the molecule is CC1(NC2CC(=O)N(c3ccccc3)C2=O)CCOCC1. The van der Waals surface area contributed by atoms with Crippen LogP contribution in [-0.4, -0.2) is 36.6 Å². The van der Waals surface area contributed by atoms with E-state index >= 15 is 0 Å². The summed E-state index contributed by atoms with van der Waals surface area (Å²) < 4.78 is 5.37. The van der Waals surface area contributed by atoms with Crippen LogP contribution in [0.5, 0.6) is 0 Å². The van der Waals surface area contributed by atoms with Crippen LogP contribution >= 0.6 is 0 Å². The first-order valence-corrected chi connectivity index (χ1v) is 7.36. The number of carbonyl (C=O) groups excluding carboxylic acids is 2. The number of nitrogens with zero attached hydrogens (tertiary/aromatic N) is 1. The molecule has 1 atom stereocenters. The number of amides is 2. The minimum atomic E-state index is -0.430. The molecule has 2 amide bonds. The number of benzene rings is 1. The lowest BCUT2D eigenvalue weighted by molar-refractivity contribution is -0.122. The smallest absolute Gasteiger partial charge is 0.251 e. The van der Waals surface area contributed by atoms with Crippen molar-refractivity contribution < 1.29 is 14.3 Å². The van der Waals surface area contributed by atoms with Gasteiger partial charge in [-0.05, 0) is 31.9 Å². The molecule has 0 aromatic heterocycles. The summed E-state index contributed by atoms with van der Waals surface area (Å²) in [7, 11) is 0. The Hall–Kier alpha value is -1.72. The zero-order chi connectivity index (χ0) is 14.9. The van der Waals surface area contributed by atoms with Crippen LogP contribution in [0.4, 0.5) is 5.69 Å². The van der Waals surface area contributed by atoms with Gasteiger partial charge in [-0.15, -0.1) is 0 Å². The van der Waals surface area contributed by atoms with E-state index in [4.69, 9.17) is 4.74 Å². The zero-order valence-electron chi connectivity index (χ0n) is 12.2. The molecule has 1 N–H and O–H groups in total. The molecule has 0 aliphatic carbocycles. The monoisotopic (exact) mass is 288 g/mol. The third-order valence-corrected chi connectivity index (χ3v) is 4.28. The molecule has 0 bridgehead atoms. The maximum absolute atomic E-state index is 12.5. The number of nitrogens with one attached hydrogen (secondary N) is 1. The number of imide groups is 1. The van der Waals surface area contributed by atoms with Crippen LogP contribution < -0.4 is 10.2 Å². The van der Waals surface area contributed by atoms with Crippen LogP contribution in [0, 0.1) is 0 Å². The summed E-state index contributed by atoms with van der Waals surface area (Å²) in [6.07, 6.45) is 1.94. The number of carbonyl (C=O) groups is 2. The molecule has 5 heteroatoms. The molecule has 0 radical (unpaired) electrons. The van der Waals surface area contributed by atoms with Crippen molar-refractivity contribution in [3.8, 4) is 0 Å². The van der Waals surface area contributed by atoms with Crippen molar-refractivity contribution in [2.75, 3.05) is 18.1 Å². The summed E-state index contributed by atoms with van der Waals surface area (Å²) >= 11 is 0. The van der Waals surface area contributed by atoms with Crippen LogP contribution in [0.2, 0.25) is 0 Å². The Morgan fingerprint density at radius 3 is 2.52 bits per heavy atom. The molecule has 1 unspecified atom stereocenters. The van der Waals surface area contributed by atoms with Gasteiger partial charge in [-0.25, -0.2) is 4.90 Å². The molecule has 2 heterocycles. The van der Waals surface area contributed by atoms with Gasteiger partial charge < -0.3 is 4.74 Å². The molecule has 2 aliphatic heterocycles. The van der Waals surface area contributed by atoms with Crippen molar-refractivity contribution in [2.24, 2.45) is 0 Å². The Morgan fingerprint density at radius 1 is 1.19 bits per heavy atom. The van der Waals surface area contributed by atoms with E-state index in [1.165, 1.54) is 4.90 Å². The van der Waals surface area contributed by atoms with Gasteiger partial charge in [-0.3, -0.25) is 14.9 Å². The Balaban J connectivity index is 1.74.